The Kier molecular flexibility index (Phi) is 5.53. The smallest absolute Gasteiger partial charge is 0.314 e. The number of carbonyl (C=O) groups is 1. The second-order valence-corrected chi connectivity index (χ2v) is 7.01. The van der Waals surface area contributed by atoms with E-state index >= 15 is 0 Å². The highest BCUT2D eigenvalue weighted by Gasteiger charge is 2.31. The second-order valence-electron chi connectivity index (χ2n) is 5.91. The molecule has 1 heterocycles. The first-order valence-electron chi connectivity index (χ1n) is 7.37. The first kappa shape index (κ1) is 16.2. The molecule has 1 aliphatic rings. The maximum Gasteiger partial charge on any atom is 0.314 e. The van der Waals surface area contributed by atoms with Gasteiger partial charge in [-0.05, 0) is 30.6 Å². The van der Waals surface area contributed by atoms with Gasteiger partial charge in [0.25, 0.3) is 0 Å². The van der Waals surface area contributed by atoms with E-state index < -0.39 is 5.60 Å². The molecule has 2 atom stereocenters. The molecule has 116 valence electrons. The number of amides is 2. The van der Waals surface area contributed by atoms with Gasteiger partial charge in [0, 0.05) is 18.8 Å². The molecule has 1 aromatic rings. The molecular formula is C16H24N2O2S. The Balaban J connectivity index is 1.73. The lowest BCUT2D eigenvalue weighted by Crippen LogP contribution is -2.47. The van der Waals surface area contributed by atoms with E-state index in [-0.39, 0.29) is 11.9 Å². The number of aryl methyl sites for hydroxylation is 1. The van der Waals surface area contributed by atoms with Crippen LogP contribution in [-0.2, 0) is 0 Å². The van der Waals surface area contributed by atoms with Crippen molar-refractivity contribution in [3.63, 3.8) is 0 Å². The fraction of sp³-hybridized carbons (Fsp3) is 0.562. The second kappa shape index (κ2) is 7.18. The molecule has 1 aromatic carbocycles. The van der Waals surface area contributed by atoms with Crippen molar-refractivity contribution < 1.29 is 9.90 Å². The van der Waals surface area contributed by atoms with Crippen LogP contribution in [0.2, 0.25) is 0 Å². The summed E-state index contributed by atoms with van der Waals surface area (Å²) in [6, 6.07) is 8.11. The monoisotopic (exact) mass is 308 g/mol. The summed E-state index contributed by atoms with van der Waals surface area (Å²) >= 11 is 1.73. The number of urea groups is 1. The third-order valence-electron chi connectivity index (χ3n) is 3.84. The minimum absolute atomic E-state index is 0.208. The summed E-state index contributed by atoms with van der Waals surface area (Å²) in [5, 5.41) is 15.8. The van der Waals surface area contributed by atoms with Gasteiger partial charge >= 0.3 is 6.03 Å². The average molecular weight is 308 g/mol. The van der Waals surface area contributed by atoms with E-state index in [9.17, 15) is 9.90 Å². The molecule has 3 N–H and O–H groups in total. The molecule has 1 saturated heterocycles. The molecule has 1 aliphatic heterocycles. The quantitative estimate of drug-likeness (QED) is 0.782. The zero-order valence-electron chi connectivity index (χ0n) is 12.7. The zero-order chi connectivity index (χ0) is 15.3. The third kappa shape index (κ3) is 4.93. The maximum absolute atomic E-state index is 11.8. The lowest BCUT2D eigenvalue weighted by molar-refractivity contribution is 0.0700. The van der Waals surface area contributed by atoms with Crippen LogP contribution in [0.5, 0.6) is 0 Å². The lowest BCUT2D eigenvalue weighted by Gasteiger charge is -2.22. The van der Waals surface area contributed by atoms with Crippen molar-refractivity contribution in [2.24, 2.45) is 0 Å². The van der Waals surface area contributed by atoms with E-state index in [0.29, 0.717) is 18.8 Å². The van der Waals surface area contributed by atoms with Crippen LogP contribution < -0.4 is 10.6 Å². The van der Waals surface area contributed by atoms with Gasteiger partial charge in [-0.25, -0.2) is 4.79 Å². The number of hydrogen-bond donors (Lipinski definition) is 3. The maximum atomic E-state index is 11.8. The van der Waals surface area contributed by atoms with Crippen LogP contribution in [0.3, 0.4) is 0 Å². The van der Waals surface area contributed by atoms with E-state index in [1.165, 1.54) is 11.1 Å². The van der Waals surface area contributed by atoms with E-state index in [4.69, 9.17) is 0 Å². The van der Waals surface area contributed by atoms with Gasteiger partial charge in [0.2, 0.25) is 0 Å². The molecule has 2 amide bonds. The number of benzene rings is 1. The van der Waals surface area contributed by atoms with Crippen LogP contribution in [0.4, 0.5) is 4.79 Å². The topological polar surface area (TPSA) is 61.4 Å². The van der Waals surface area contributed by atoms with Crippen molar-refractivity contribution in [3.05, 3.63) is 35.4 Å². The molecule has 0 spiro atoms. The summed E-state index contributed by atoms with van der Waals surface area (Å²) in [5.74, 6) is 1.93. The van der Waals surface area contributed by atoms with Crippen LogP contribution in [0.1, 0.15) is 30.4 Å². The van der Waals surface area contributed by atoms with Gasteiger partial charge in [-0.1, -0.05) is 36.8 Å². The molecule has 0 aliphatic carbocycles. The summed E-state index contributed by atoms with van der Waals surface area (Å²) in [5.41, 5.74) is 1.72. The molecule has 2 rings (SSSR count). The molecule has 5 heteroatoms. The highest BCUT2D eigenvalue weighted by molar-refractivity contribution is 7.99. The number of nitrogens with one attached hydrogen (secondary N) is 2. The van der Waals surface area contributed by atoms with Crippen molar-refractivity contribution in [3.8, 4) is 0 Å². The zero-order valence-corrected chi connectivity index (χ0v) is 13.5. The Bertz CT molecular complexity index is 487. The third-order valence-corrected chi connectivity index (χ3v) is 5.07. The fourth-order valence-corrected chi connectivity index (χ4v) is 3.68. The Morgan fingerprint density at radius 3 is 2.95 bits per heavy atom. The highest BCUT2D eigenvalue weighted by Crippen LogP contribution is 2.26. The van der Waals surface area contributed by atoms with Crippen molar-refractivity contribution in [2.75, 3.05) is 24.6 Å². The van der Waals surface area contributed by atoms with E-state index in [1.807, 2.05) is 6.07 Å². The number of carbonyl (C=O) groups excluding carboxylic acids is 1. The number of hydrogen-bond acceptors (Lipinski definition) is 3. The van der Waals surface area contributed by atoms with Gasteiger partial charge in [0.05, 0.1) is 5.60 Å². The van der Waals surface area contributed by atoms with Crippen molar-refractivity contribution in [2.45, 2.75) is 31.8 Å². The first-order chi connectivity index (χ1) is 9.98. The highest BCUT2D eigenvalue weighted by atomic mass is 32.2. The van der Waals surface area contributed by atoms with Gasteiger partial charge < -0.3 is 15.7 Å². The molecule has 0 radical (unpaired) electrons. The Morgan fingerprint density at radius 1 is 1.48 bits per heavy atom. The predicted octanol–water partition coefficient (Wildman–Crippen LogP) is 2.27. The number of thioether (sulfide) groups is 1. The molecule has 21 heavy (non-hydrogen) atoms. The van der Waals surface area contributed by atoms with Crippen LogP contribution in [0.15, 0.2) is 24.3 Å². The fourth-order valence-electron chi connectivity index (χ4n) is 2.38. The molecule has 0 saturated carbocycles. The van der Waals surface area contributed by atoms with Crippen LogP contribution >= 0.6 is 11.8 Å². The van der Waals surface area contributed by atoms with E-state index in [2.05, 4.69) is 42.7 Å². The van der Waals surface area contributed by atoms with Gasteiger partial charge in [-0.2, -0.15) is 11.8 Å². The molecule has 0 aromatic heterocycles. The Morgan fingerprint density at radius 2 is 2.29 bits per heavy atom. The summed E-state index contributed by atoms with van der Waals surface area (Å²) in [4.78, 5) is 11.8. The first-order valence-corrected chi connectivity index (χ1v) is 8.52. The molecule has 1 fully saturated rings. The molecule has 0 bridgehead atoms. The predicted molar refractivity (Wildman–Crippen MR) is 87.9 cm³/mol. The van der Waals surface area contributed by atoms with Crippen molar-refractivity contribution >= 4 is 17.8 Å². The minimum Gasteiger partial charge on any atom is -0.387 e. The van der Waals surface area contributed by atoms with Gasteiger partial charge in [0.15, 0.2) is 0 Å². The van der Waals surface area contributed by atoms with Gasteiger partial charge in [-0.3, -0.25) is 0 Å². The number of rotatable bonds is 5. The Labute approximate surface area is 130 Å². The van der Waals surface area contributed by atoms with Crippen molar-refractivity contribution in [1.82, 2.24) is 10.6 Å². The van der Waals surface area contributed by atoms with Crippen LogP contribution in [0.25, 0.3) is 0 Å². The van der Waals surface area contributed by atoms with Crippen molar-refractivity contribution in [1.29, 1.82) is 0 Å². The van der Waals surface area contributed by atoms with Crippen LogP contribution in [-0.4, -0.2) is 41.3 Å². The summed E-state index contributed by atoms with van der Waals surface area (Å²) < 4.78 is 0. The molecular weight excluding hydrogens is 284 g/mol. The lowest BCUT2D eigenvalue weighted by atomic mass is 9.99. The summed E-state index contributed by atoms with van der Waals surface area (Å²) in [6.07, 6.45) is 0.748. The van der Waals surface area contributed by atoms with E-state index in [1.54, 1.807) is 11.8 Å². The van der Waals surface area contributed by atoms with Gasteiger partial charge in [0.1, 0.15) is 0 Å². The summed E-state index contributed by atoms with van der Waals surface area (Å²) in [7, 11) is 0. The largest absolute Gasteiger partial charge is 0.387 e. The molecule has 4 nitrogen and oxygen atoms in total. The normalized spacial score (nSPS) is 22.8. The standard InChI is InChI=1S/C16H24N2O2S/c1-12-4-3-5-14(8-12)13(2)9-17-15(19)18-10-16(20)6-7-21-11-16/h3-5,8,13,20H,6-7,9-11H2,1-2H3,(H2,17,18,19)/t13-,16+/m0/s1. The molecule has 0 unspecified atom stereocenters. The average Bonchev–Trinajstić information content (AvgIpc) is 2.90. The van der Waals surface area contributed by atoms with E-state index in [0.717, 1.165) is 12.2 Å². The Hall–Kier alpha value is -1.20. The number of aliphatic hydroxyl groups is 1. The minimum atomic E-state index is -0.732. The summed E-state index contributed by atoms with van der Waals surface area (Å²) in [6.45, 7) is 5.07. The van der Waals surface area contributed by atoms with Gasteiger partial charge in [-0.15, -0.1) is 0 Å². The SMILES string of the molecule is Cc1cccc([C@@H](C)CNC(=O)NC[C@]2(O)CCSC2)c1. The van der Waals surface area contributed by atoms with Crippen LogP contribution in [0, 0.1) is 6.92 Å².